The molecule has 1 aliphatic rings. The van der Waals surface area contributed by atoms with E-state index in [2.05, 4.69) is 9.97 Å². The van der Waals surface area contributed by atoms with Crippen LogP contribution in [-0.4, -0.2) is 30.3 Å². The molecule has 0 aromatic carbocycles. The summed E-state index contributed by atoms with van der Waals surface area (Å²) >= 11 is 0. The summed E-state index contributed by atoms with van der Waals surface area (Å²) in [5.74, 6) is 0.732. The molecule has 1 aromatic heterocycles. The number of nitrogens with two attached hydrogens (primary N) is 1. The van der Waals surface area contributed by atoms with Crippen LogP contribution in [0.1, 0.15) is 24.2 Å². The van der Waals surface area contributed by atoms with Crippen molar-refractivity contribution in [3.63, 3.8) is 0 Å². The maximum absolute atomic E-state index is 5.60. The third kappa shape index (κ3) is 2.07. The molecule has 1 fully saturated rings. The van der Waals surface area contributed by atoms with Crippen LogP contribution in [0, 0.1) is 0 Å². The quantitative estimate of drug-likeness (QED) is 0.812. The first kappa shape index (κ1) is 11.4. The zero-order valence-corrected chi connectivity index (χ0v) is 9.48. The highest BCUT2D eigenvalue weighted by molar-refractivity contribution is 5.10. The molecule has 16 heavy (non-hydrogen) atoms. The average molecular weight is 223 g/mol. The molecule has 0 unspecified atom stereocenters. The highest BCUT2D eigenvalue weighted by atomic mass is 16.5. The Hall–Kier alpha value is -1.04. The largest absolute Gasteiger partial charge is 0.381 e. The molecular formula is C11H17N3O2. The first-order valence-electron chi connectivity index (χ1n) is 5.45. The van der Waals surface area contributed by atoms with Crippen molar-refractivity contribution in [3.8, 4) is 0 Å². The van der Waals surface area contributed by atoms with Gasteiger partial charge in [-0.15, -0.1) is 0 Å². The number of methoxy groups -OCH3 is 1. The molecule has 0 radical (unpaired) electrons. The predicted octanol–water partition coefficient (Wildman–Crippen LogP) is 0.587. The summed E-state index contributed by atoms with van der Waals surface area (Å²) in [5.41, 5.74) is 6.06. The van der Waals surface area contributed by atoms with Crippen molar-refractivity contribution < 1.29 is 9.47 Å². The fourth-order valence-corrected chi connectivity index (χ4v) is 1.92. The first-order chi connectivity index (χ1) is 7.80. The number of aromatic nitrogens is 2. The van der Waals surface area contributed by atoms with Crippen molar-refractivity contribution >= 4 is 0 Å². The van der Waals surface area contributed by atoms with Gasteiger partial charge in [0.1, 0.15) is 5.60 Å². The van der Waals surface area contributed by atoms with Gasteiger partial charge in [0.05, 0.1) is 0 Å². The van der Waals surface area contributed by atoms with Gasteiger partial charge in [-0.3, -0.25) is 0 Å². The van der Waals surface area contributed by atoms with Gasteiger partial charge in [0.15, 0.2) is 5.82 Å². The van der Waals surface area contributed by atoms with E-state index in [0.717, 1.165) is 24.2 Å². The molecule has 5 nitrogen and oxygen atoms in total. The molecule has 88 valence electrons. The van der Waals surface area contributed by atoms with E-state index < -0.39 is 0 Å². The van der Waals surface area contributed by atoms with E-state index in [1.54, 1.807) is 19.5 Å². The maximum Gasteiger partial charge on any atom is 0.160 e. The lowest BCUT2D eigenvalue weighted by Crippen LogP contribution is -2.37. The van der Waals surface area contributed by atoms with Crippen LogP contribution in [-0.2, 0) is 21.6 Å². The SMILES string of the molecule is COC1(c2ncc(CN)cn2)CCOCC1. The normalized spacial score (nSPS) is 19.6. The number of hydrogen-bond acceptors (Lipinski definition) is 5. The van der Waals surface area contributed by atoms with Crippen molar-refractivity contribution in [2.75, 3.05) is 20.3 Å². The van der Waals surface area contributed by atoms with E-state index in [0.29, 0.717) is 19.8 Å². The lowest BCUT2D eigenvalue weighted by molar-refractivity contribution is -0.1000. The molecule has 1 saturated heterocycles. The second-order valence-corrected chi connectivity index (χ2v) is 3.93. The molecule has 2 N–H and O–H groups in total. The van der Waals surface area contributed by atoms with Crippen LogP contribution in [0.3, 0.4) is 0 Å². The third-order valence-corrected chi connectivity index (χ3v) is 3.04. The Morgan fingerprint density at radius 3 is 2.50 bits per heavy atom. The molecule has 0 atom stereocenters. The summed E-state index contributed by atoms with van der Waals surface area (Å²) in [6.07, 6.45) is 5.12. The van der Waals surface area contributed by atoms with Crippen molar-refractivity contribution in [1.82, 2.24) is 9.97 Å². The Kier molecular flexibility index (Phi) is 3.48. The monoisotopic (exact) mass is 223 g/mol. The van der Waals surface area contributed by atoms with Gasteiger partial charge in [-0.05, 0) is 0 Å². The van der Waals surface area contributed by atoms with Gasteiger partial charge in [-0.25, -0.2) is 9.97 Å². The van der Waals surface area contributed by atoms with Gasteiger partial charge in [-0.1, -0.05) is 0 Å². The number of rotatable bonds is 3. The summed E-state index contributed by atoms with van der Waals surface area (Å²) in [7, 11) is 1.70. The highest BCUT2D eigenvalue weighted by Gasteiger charge is 2.37. The van der Waals surface area contributed by atoms with Crippen LogP contribution in [0.15, 0.2) is 12.4 Å². The van der Waals surface area contributed by atoms with Gasteiger partial charge in [0.2, 0.25) is 0 Å². The van der Waals surface area contributed by atoms with Gasteiger partial charge in [0, 0.05) is 57.7 Å². The van der Waals surface area contributed by atoms with Gasteiger partial charge >= 0.3 is 0 Å². The summed E-state index contributed by atoms with van der Waals surface area (Å²) in [6.45, 7) is 1.84. The van der Waals surface area contributed by atoms with Crippen molar-refractivity contribution in [3.05, 3.63) is 23.8 Å². The zero-order valence-electron chi connectivity index (χ0n) is 9.48. The van der Waals surface area contributed by atoms with E-state index in [-0.39, 0.29) is 5.60 Å². The number of nitrogens with zero attached hydrogens (tertiary/aromatic N) is 2. The second-order valence-electron chi connectivity index (χ2n) is 3.93. The molecule has 2 heterocycles. The second kappa shape index (κ2) is 4.86. The Bertz CT molecular complexity index is 334. The van der Waals surface area contributed by atoms with Crippen molar-refractivity contribution in [2.45, 2.75) is 25.0 Å². The van der Waals surface area contributed by atoms with Crippen LogP contribution in [0.2, 0.25) is 0 Å². The van der Waals surface area contributed by atoms with E-state index in [1.165, 1.54) is 0 Å². The fraction of sp³-hybridized carbons (Fsp3) is 0.636. The molecular weight excluding hydrogens is 206 g/mol. The first-order valence-corrected chi connectivity index (χ1v) is 5.45. The number of hydrogen-bond donors (Lipinski definition) is 1. The average Bonchev–Trinajstić information content (AvgIpc) is 2.39. The van der Waals surface area contributed by atoms with E-state index >= 15 is 0 Å². The smallest absolute Gasteiger partial charge is 0.160 e. The molecule has 5 heteroatoms. The molecule has 0 spiro atoms. The minimum atomic E-state index is -0.384. The van der Waals surface area contributed by atoms with Crippen molar-refractivity contribution in [1.29, 1.82) is 0 Å². The van der Waals surface area contributed by atoms with E-state index in [1.807, 2.05) is 0 Å². The topological polar surface area (TPSA) is 70.3 Å². The summed E-state index contributed by atoms with van der Waals surface area (Å²) in [6, 6.07) is 0. The fourth-order valence-electron chi connectivity index (χ4n) is 1.92. The van der Waals surface area contributed by atoms with Crippen LogP contribution in [0.4, 0.5) is 0 Å². The Morgan fingerprint density at radius 1 is 1.38 bits per heavy atom. The maximum atomic E-state index is 5.60. The van der Waals surface area contributed by atoms with Crippen molar-refractivity contribution in [2.24, 2.45) is 5.73 Å². The summed E-state index contributed by atoms with van der Waals surface area (Å²) < 4.78 is 10.9. The Morgan fingerprint density at radius 2 is 2.00 bits per heavy atom. The molecule has 1 aliphatic heterocycles. The molecule has 1 aromatic rings. The zero-order chi connectivity index (χ0) is 11.4. The minimum absolute atomic E-state index is 0.384. The molecule has 0 bridgehead atoms. The summed E-state index contributed by atoms with van der Waals surface area (Å²) in [5, 5.41) is 0. The lowest BCUT2D eigenvalue weighted by Gasteiger charge is -2.34. The molecule has 0 aliphatic carbocycles. The number of ether oxygens (including phenoxy) is 2. The minimum Gasteiger partial charge on any atom is -0.381 e. The Balaban J connectivity index is 2.24. The molecule has 0 amide bonds. The van der Waals surface area contributed by atoms with Crippen LogP contribution >= 0.6 is 0 Å². The van der Waals surface area contributed by atoms with Gasteiger partial charge in [-0.2, -0.15) is 0 Å². The summed E-state index contributed by atoms with van der Waals surface area (Å²) in [4.78, 5) is 8.69. The van der Waals surface area contributed by atoms with Crippen LogP contribution in [0.25, 0.3) is 0 Å². The van der Waals surface area contributed by atoms with Crippen LogP contribution in [0.5, 0.6) is 0 Å². The third-order valence-electron chi connectivity index (χ3n) is 3.04. The molecule has 0 saturated carbocycles. The highest BCUT2D eigenvalue weighted by Crippen LogP contribution is 2.32. The molecule has 2 rings (SSSR count). The van der Waals surface area contributed by atoms with E-state index in [9.17, 15) is 0 Å². The predicted molar refractivity (Wildman–Crippen MR) is 58.7 cm³/mol. The van der Waals surface area contributed by atoms with E-state index in [4.69, 9.17) is 15.2 Å². The van der Waals surface area contributed by atoms with Gasteiger partial charge in [0.25, 0.3) is 0 Å². The van der Waals surface area contributed by atoms with Gasteiger partial charge < -0.3 is 15.2 Å². The Labute approximate surface area is 95.0 Å². The lowest BCUT2D eigenvalue weighted by atomic mass is 9.93. The van der Waals surface area contributed by atoms with Crippen LogP contribution < -0.4 is 5.73 Å². The standard InChI is InChI=1S/C11H17N3O2/c1-15-11(2-4-16-5-3-11)10-13-7-9(6-12)8-14-10/h7-8H,2-6,12H2,1H3.